The molecule has 0 aliphatic heterocycles. The molecule has 2 aromatic carbocycles. The standard InChI is InChI=1S/C17H16BrN3OS2/c1-12-5-7-14(8-6-12)19-16-20-21-17(24-16)23-10-9-22-15-4-2-3-13(18)11-15/h2-8,11H,9-10H2,1H3,(H,19,20). The molecule has 1 aromatic heterocycles. The molecule has 0 bridgehead atoms. The summed E-state index contributed by atoms with van der Waals surface area (Å²) in [5.74, 6) is 1.69. The van der Waals surface area contributed by atoms with Crippen LogP contribution in [0.2, 0.25) is 0 Å². The van der Waals surface area contributed by atoms with E-state index in [1.807, 2.05) is 36.4 Å². The first-order valence-corrected chi connectivity index (χ1v) is 9.97. The van der Waals surface area contributed by atoms with E-state index < -0.39 is 0 Å². The number of hydrogen-bond donors (Lipinski definition) is 1. The number of ether oxygens (including phenoxy) is 1. The van der Waals surface area contributed by atoms with Gasteiger partial charge >= 0.3 is 0 Å². The predicted molar refractivity (Wildman–Crippen MR) is 105 cm³/mol. The number of benzene rings is 2. The van der Waals surface area contributed by atoms with Crippen LogP contribution in [-0.4, -0.2) is 22.6 Å². The van der Waals surface area contributed by atoms with Crippen LogP contribution in [-0.2, 0) is 0 Å². The maximum Gasteiger partial charge on any atom is 0.210 e. The summed E-state index contributed by atoms with van der Waals surface area (Å²) in [6, 6.07) is 16.1. The predicted octanol–water partition coefficient (Wildman–Crippen LogP) is 5.52. The minimum Gasteiger partial charge on any atom is -0.493 e. The number of aryl methyl sites for hydroxylation is 1. The fourth-order valence-corrected chi connectivity index (χ4v) is 3.96. The first kappa shape index (κ1) is 17.3. The van der Waals surface area contributed by atoms with Crippen LogP contribution in [0.15, 0.2) is 57.3 Å². The van der Waals surface area contributed by atoms with Crippen LogP contribution in [0.3, 0.4) is 0 Å². The monoisotopic (exact) mass is 421 g/mol. The second kappa shape index (κ2) is 8.50. The Bertz CT molecular complexity index is 793. The summed E-state index contributed by atoms with van der Waals surface area (Å²) in [6.45, 7) is 2.70. The van der Waals surface area contributed by atoms with E-state index in [0.717, 1.165) is 31.1 Å². The maximum atomic E-state index is 5.71. The third-order valence-corrected chi connectivity index (χ3v) is 5.51. The highest BCUT2D eigenvalue weighted by Gasteiger charge is 2.05. The lowest BCUT2D eigenvalue weighted by atomic mass is 10.2. The maximum absolute atomic E-state index is 5.71. The van der Waals surface area contributed by atoms with Gasteiger partial charge in [0.2, 0.25) is 5.13 Å². The number of nitrogens with one attached hydrogen (secondary N) is 1. The molecule has 0 spiro atoms. The number of nitrogens with zero attached hydrogens (tertiary/aromatic N) is 2. The lowest BCUT2D eigenvalue weighted by molar-refractivity contribution is 0.344. The van der Waals surface area contributed by atoms with Crippen molar-refractivity contribution >= 4 is 49.8 Å². The van der Waals surface area contributed by atoms with Crippen LogP contribution in [0.4, 0.5) is 10.8 Å². The summed E-state index contributed by atoms with van der Waals surface area (Å²) >= 11 is 6.63. The topological polar surface area (TPSA) is 47.0 Å². The summed E-state index contributed by atoms with van der Waals surface area (Å²) in [7, 11) is 0. The zero-order valence-corrected chi connectivity index (χ0v) is 16.2. The van der Waals surface area contributed by atoms with E-state index in [-0.39, 0.29) is 0 Å². The number of rotatable bonds is 7. The van der Waals surface area contributed by atoms with Gasteiger partial charge in [-0.05, 0) is 37.3 Å². The van der Waals surface area contributed by atoms with E-state index in [1.165, 1.54) is 5.56 Å². The van der Waals surface area contributed by atoms with Gasteiger partial charge in [0, 0.05) is 15.9 Å². The van der Waals surface area contributed by atoms with Gasteiger partial charge < -0.3 is 10.1 Å². The fourth-order valence-electron chi connectivity index (χ4n) is 1.92. The van der Waals surface area contributed by atoms with Gasteiger partial charge in [0.15, 0.2) is 4.34 Å². The number of anilines is 2. The zero-order valence-electron chi connectivity index (χ0n) is 13.0. The second-order valence-electron chi connectivity index (χ2n) is 5.02. The zero-order chi connectivity index (χ0) is 16.8. The van der Waals surface area contributed by atoms with Crippen molar-refractivity contribution in [3.05, 3.63) is 58.6 Å². The van der Waals surface area contributed by atoms with E-state index >= 15 is 0 Å². The Labute approximate surface area is 157 Å². The minimum atomic E-state index is 0.626. The van der Waals surface area contributed by atoms with Gasteiger partial charge in [0.1, 0.15) is 5.75 Å². The fraction of sp³-hybridized carbons (Fsp3) is 0.176. The smallest absolute Gasteiger partial charge is 0.210 e. The first-order chi connectivity index (χ1) is 11.7. The summed E-state index contributed by atoms with van der Waals surface area (Å²) in [4.78, 5) is 0. The van der Waals surface area contributed by atoms with Gasteiger partial charge in [0.05, 0.1) is 6.61 Å². The molecule has 3 rings (SSSR count). The highest BCUT2D eigenvalue weighted by molar-refractivity contribution is 9.10. The Morgan fingerprint density at radius 3 is 2.79 bits per heavy atom. The number of thioether (sulfide) groups is 1. The van der Waals surface area contributed by atoms with Crippen molar-refractivity contribution in [2.24, 2.45) is 0 Å². The third-order valence-electron chi connectivity index (χ3n) is 3.08. The second-order valence-corrected chi connectivity index (χ2v) is 8.25. The summed E-state index contributed by atoms with van der Waals surface area (Å²) in [5, 5.41) is 12.4. The molecule has 24 heavy (non-hydrogen) atoms. The van der Waals surface area contributed by atoms with Gasteiger partial charge in [-0.3, -0.25) is 0 Å². The van der Waals surface area contributed by atoms with Crippen molar-refractivity contribution in [1.82, 2.24) is 10.2 Å². The molecule has 0 atom stereocenters. The summed E-state index contributed by atoms with van der Waals surface area (Å²) in [5.41, 5.74) is 2.26. The lowest BCUT2D eigenvalue weighted by Crippen LogP contribution is -1.99. The molecule has 1 N–H and O–H groups in total. The van der Waals surface area contributed by atoms with Crippen molar-refractivity contribution in [2.45, 2.75) is 11.3 Å². The summed E-state index contributed by atoms with van der Waals surface area (Å²) in [6.07, 6.45) is 0. The van der Waals surface area contributed by atoms with Crippen molar-refractivity contribution in [3.63, 3.8) is 0 Å². The molecule has 0 amide bonds. The van der Waals surface area contributed by atoms with E-state index in [2.05, 4.69) is 50.5 Å². The third kappa shape index (κ3) is 5.22. The molecule has 4 nitrogen and oxygen atoms in total. The molecule has 7 heteroatoms. The molecular weight excluding hydrogens is 406 g/mol. The SMILES string of the molecule is Cc1ccc(Nc2nnc(SCCOc3cccc(Br)c3)s2)cc1. The Kier molecular flexibility index (Phi) is 6.12. The molecule has 0 saturated heterocycles. The van der Waals surface area contributed by atoms with Crippen LogP contribution in [0.25, 0.3) is 0 Å². The first-order valence-electron chi connectivity index (χ1n) is 7.37. The molecular formula is C17H16BrN3OS2. The average molecular weight is 422 g/mol. The van der Waals surface area contributed by atoms with Gasteiger partial charge in [-0.25, -0.2) is 0 Å². The van der Waals surface area contributed by atoms with Crippen molar-refractivity contribution < 1.29 is 4.74 Å². The van der Waals surface area contributed by atoms with E-state index in [1.54, 1.807) is 23.1 Å². The van der Waals surface area contributed by atoms with Crippen LogP contribution < -0.4 is 10.1 Å². The Morgan fingerprint density at radius 2 is 2.00 bits per heavy atom. The van der Waals surface area contributed by atoms with E-state index in [4.69, 9.17) is 4.74 Å². The molecule has 0 aliphatic rings. The van der Waals surface area contributed by atoms with Crippen molar-refractivity contribution in [1.29, 1.82) is 0 Å². The number of halogens is 1. The van der Waals surface area contributed by atoms with Crippen molar-refractivity contribution in [2.75, 3.05) is 17.7 Å². The van der Waals surface area contributed by atoms with Gasteiger partial charge in [-0.15, -0.1) is 10.2 Å². The minimum absolute atomic E-state index is 0.626. The van der Waals surface area contributed by atoms with Crippen LogP contribution in [0.5, 0.6) is 5.75 Å². The van der Waals surface area contributed by atoms with E-state index in [0.29, 0.717) is 6.61 Å². The normalized spacial score (nSPS) is 10.6. The van der Waals surface area contributed by atoms with Crippen LogP contribution in [0.1, 0.15) is 5.56 Å². The van der Waals surface area contributed by atoms with Gasteiger partial charge in [-0.1, -0.05) is 62.8 Å². The molecule has 124 valence electrons. The lowest BCUT2D eigenvalue weighted by Gasteiger charge is -2.05. The summed E-state index contributed by atoms with van der Waals surface area (Å²) < 4.78 is 7.66. The molecule has 0 saturated carbocycles. The molecule has 0 fully saturated rings. The molecule has 0 radical (unpaired) electrons. The number of hydrogen-bond acceptors (Lipinski definition) is 6. The molecule has 1 heterocycles. The molecule has 0 unspecified atom stereocenters. The van der Waals surface area contributed by atoms with Crippen molar-refractivity contribution in [3.8, 4) is 5.75 Å². The number of aromatic nitrogens is 2. The average Bonchev–Trinajstić information content (AvgIpc) is 3.01. The van der Waals surface area contributed by atoms with Crippen LogP contribution in [0, 0.1) is 6.92 Å². The Hall–Kier alpha value is -1.57. The quantitative estimate of drug-likeness (QED) is 0.401. The Balaban J connectivity index is 1.45. The van der Waals surface area contributed by atoms with E-state index in [9.17, 15) is 0 Å². The van der Waals surface area contributed by atoms with Gasteiger partial charge in [-0.2, -0.15) is 0 Å². The van der Waals surface area contributed by atoms with Gasteiger partial charge in [0.25, 0.3) is 0 Å². The van der Waals surface area contributed by atoms with Crippen LogP contribution >= 0.6 is 39.0 Å². The largest absolute Gasteiger partial charge is 0.493 e. The molecule has 3 aromatic rings. The molecule has 0 aliphatic carbocycles. The highest BCUT2D eigenvalue weighted by Crippen LogP contribution is 2.28. The Morgan fingerprint density at radius 1 is 1.17 bits per heavy atom. The highest BCUT2D eigenvalue weighted by atomic mass is 79.9.